The van der Waals surface area contributed by atoms with E-state index < -0.39 is 9.84 Å². The van der Waals surface area contributed by atoms with Crippen LogP contribution >= 0.6 is 11.8 Å². The SMILES string of the molecule is Cc1cc(C)cc(CSc2nnc(CC3CCS(=O)(=O)C3)n2C)c1. The van der Waals surface area contributed by atoms with Crippen molar-refractivity contribution in [3.05, 3.63) is 40.7 Å². The van der Waals surface area contributed by atoms with Crippen molar-refractivity contribution in [2.75, 3.05) is 11.5 Å². The van der Waals surface area contributed by atoms with Gasteiger partial charge < -0.3 is 4.57 Å². The highest BCUT2D eigenvalue weighted by Crippen LogP contribution is 2.25. The summed E-state index contributed by atoms with van der Waals surface area (Å²) in [5.74, 6) is 2.50. The number of sulfone groups is 1. The van der Waals surface area contributed by atoms with Crippen LogP contribution in [0.2, 0.25) is 0 Å². The van der Waals surface area contributed by atoms with Gasteiger partial charge in [-0.3, -0.25) is 0 Å². The Hall–Kier alpha value is -1.34. The zero-order valence-electron chi connectivity index (χ0n) is 14.3. The van der Waals surface area contributed by atoms with E-state index in [0.717, 1.165) is 23.2 Å². The van der Waals surface area contributed by atoms with Gasteiger partial charge in [-0.1, -0.05) is 41.1 Å². The Morgan fingerprint density at radius 1 is 1.21 bits per heavy atom. The van der Waals surface area contributed by atoms with Crippen LogP contribution in [0.3, 0.4) is 0 Å². The van der Waals surface area contributed by atoms with Gasteiger partial charge in [-0.15, -0.1) is 10.2 Å². The number of hydrogen-bond donors (Lipinski definition) is 0. The second-order valence-electron chi connectivity index (χ2n) is 6.72. The van der Waals surface area contributed by atoms with Crippen molar-refractivity contribution in [3.63, 3.8) is 0 Å². The van der Waals surface area contributed by atoms with Crippen molar-refractivity contribution in [2.24, 2.45) is 13.0 Å². The quantitative estimate of drug-likeness (QED) is 0.762. The van der Waals surface area contributed by atoms with E-state index in [0.29, 0.717) is 12.2 Å². The van der Waals surface area contributed by atoms with E-state index in [2.05, 4.69) is 42.2 Å². The molecular formula is C17H23N3O2S2. The average molecular weight is 366 g/mol. The zero-order valence-corrected chi connectivity index (χ0v) is 16.0. The van der Waals surface area contributed by atoms with E-state index in [4.69, 9.17) is 0 Å². The van der Waals surface area contributed by atoms with E-state index in [1.165, 1.54) is 16.7 Å². The molecule has 1 fully saturated rings. The van der Waals surface area contributed by atoms with Gasteiger partial charge in [-0.05, 0) is 31.7 Å². The lowest BCUT2D eigenvalue weighted by Gasteiger charge is -2.08. The summed E-state index contributed by atoms with van der Waals surface area (Å²) >= 11 is 1.67. The summed E-state index contributed by atoms with van der Waals surface area (Å²) in [6.07, 6.45) is 1.42. The molecule has 1 aromatic heterocycles. The number of rotatable bonds is 5. The van der Waals surface area contributed by atoms with Crippen molar-refractivity contribution in [1.29, 1.82) is 0 Å². The van der Waals surface area contributed by atoms with Crippen LogP contribution in [0, 0.1) is 19.8 Å². The molecular weight excluding hydrogens is 342 g/mol. The standard InChI is InChI=1S/C17H23N3O2S2/c1-12-6-13(2)8-15(7-12)10-23-17-19-18-16(20(17)3)9-14-4-5-24(21,22)11-14/h6-8,14H,4-5,9-11H2,1-3H3. The molecule has 130 valence electrons. The molecule has 1 aliphatic heterocycles. The number of aryl methyl sites for hydroxylation is 2. The van der Waals surface area contributed by atoms with E-state index in [9.17, 15) is 8.42 Å². The van der Waals surface area contributed by atoms with E-state index >= 15 is 0 Å². The minimum atomic E-state index is -2.84. The van der Waals surface area contributed by atoms with Crippen molar-refractivity contribution in [2.45, 2.75) is 37.6 Å². The van der Waals surface area contributed by atoms with Crippen LogP contribution in [0.25, 0.3) is 0 Å². The van der Waals surface area contributed by atoms with E-state index in [-0.39, 0.29) is 11.7 Å². The average Bonchev–Trinajstić information content (AvgIpc) is 3.00. The molecule has 0 saturated carbocycles. The molecule has 0 radical (unpaired) electrons. The summed E-state index contributed by atoms with van der Waals surface area (Å²) < 4.78 is 25.2. The number of benzene rings is 1. The first-order chi connectivity index (χ1) is 11.3. The largest absolute Gasteiger partial charge is 0.309 e. The van der Waals surface area contributed by atoms with Crippen molar-refractivity contribution in [3.8, 4) is 0 Å². The zero-order chi connectivity index (χ0) is 17.3. The first-order valence-electron chi connectivity index (χ1n) is 8.11. The predicted octanol–water partition coefficient (Wildman–Crippen LogP) is 2.70. The number of hydrogen-bond acceptors (Lipinski definition) is 5. The Kier molecular flexibility index (Phi) is 5.01. The van der Waals surface area contributed by atoms with Crippen LogP contribution in [0.1, 0.15) is 28.9 Å². The first kappa shape index (κ1) is 17.5. The van der Waals surface area contributed by atoms with Gasteiger partial charge in [0, 0.05) is 19.2 Å². The molecule has 1 aromatic carbocycles. The Bertz CT molecular complexity index is 823. The maximum atomic E-state index is 11.6. The highest BCUT2D eigenvalue weighted by atomic mass is 32.2. The van der Waals surface area contributed by atoms with Gasteiger partial charge in [-0.2, -0.15) is 0 Å². The molecule has 3 rings (SSSR count). The Morgan fingerprint density at radius 3 is 2.54 bits per heavy atom. The molecule has 0 bridgehead atoms. The van der Waals surface area contributed by atoms with Crippen molar-refractivity contribution >= 4 is 21.6 Å². The van der Waals surface area contributed by atoms with Gasteiger partial charge in [0.1, 0.15) is 5.82 Å². The molecule has 1 atom stereocenters. The van der Waals surface area contributed by atoms with Crippen LogP contribution in [0.5, 0.6) is 0 Å². The third-order valence-electron chi connectivity index (χ3n) is 4.37. The van der Waals surface area contributed by atoms with Crippen LogP contribution < -0.4 is 0 Å². The van der Waals surface area contributed by atoms with Gasteiger partial charge in [0.05, 0.1) is 11.5 Å². The number of aromatic nitrogens is 3. The third kappa shape index (κ3) is 4.19. The van der Waals surface area contributed by atoms with Crippen LogP contribution in [0.15, 0.2) is 23.4 Å². The van der Waals surface area contributed by atoms with Crippen LogP contribution in [-0.2, 0) is 29.1 Å². The molecule has 5 nitrogen and oxygen atoms in total. The molecule has 1 saturated heterocycles. The summed E-state index contributed by atoms with van der Waals surface area (Å²) in [7, 11) is -0.878. The van der Waals surface area contributed by atoms with Gasteiger partial charge in [0.15, 0.2) is 15.0 Å². The van der Waals surface area contributed by atoms with Gasteiger partial charge in [0.2, 0.25) is 0 Å². The second-order valence-corrected chi connectivity index (χ2v) is 9.89. The summed E-state index contributed by atoms with van der Waals surface area (Å²) in [5.41, 5.74) is 3.82. The topological polar surface area (TPSA) is 64.8 Å². The van der Waals surface area contributed by atoms with Crippen molar-refractivity contribution < 1.29 is 8.42 Å². The fourth-order valence-corrected chi connectivity index (χ4v) is 5.96. The highest BCUT2D eigenvalue weighted by Gasteiger charge is 2.29. The summed E-state index contributed by atoms with van der Waals surface area (Å²) in [6.45, 7) is 4.22. The van der Waals surface area contributed by atoms with Gasteiger partial charge >= 0.3 is 0 Å². The molecule has 0 spiro atoms. The Balaban J connectivity index is 1.64. The van der Waals surface area contributed by atoms with Crippen LogP contribution in [0.4, 0.5) is 0 Å². The van der Waals surface area contributed by atoms with Gasteiger partial charge in [0.25, 0.3) is 0 Å². The van der Waals surface area contributed by atoms with E-state index in [1.54, 1.807) is 11.8 Å². The van der Waals surface area contributed by atoms with Crippen molar-refractivity contribution in [1.82, 2.24) is 14.8 Å². The molecule has 0 N–H and O–H groups in total. The monoisotopic (exact) mass is 365 g/mol. The summed E-state index contributed by atoms with van der Waals surface area (Å²) in [5, 5.41) is 9.43. The Morgan fingerprint density at radius 2 is 1.92 bits per heavy atom. The fraction of sp³-hybridized carbons (Fsp3) is 0.529. The minimum absolute atomic E-state index is 0.176. The first-order valence-corrected chi connectivity index (χ1v) is 10.9. The molecule has 0 amide bonds. The maximum absolute atomic E-state index is 11.6. The lowest BCUT2D eigenvalue weighted by Crippen LogP contribution is -2.11. The molecule has 2 aromatic rings. The lowest BCUT2D eigenvalue weighted by molar-refractivity contribution is 0.552. The number of thioether (sulfide) groups is 1. The third-order valence-corrected chi connectivity index (χ3v) is 7.30. The molecule has 1 aliphatic rings. The van der Waals surface area contributed by atoms with E-state index in [1.807, 2.05) is 11.6 Å². The number of nitrogens with zero attached hydrogens (tertiary/aromatic N) is 3. The summed E-state index contributed by atoms with van der Waals surface area (Å²) in [4.78, 5) is 0. The normalized spacial score (nSPS) is 19.7. The maximum Gasteiger partial charge on any atom is 0.191 e. The molecule has 0 aliphatic carbocycles. The summed E-state index contributed by atoms with van der Waals surface area (Å²) in [6, 6.07) is 6.56. The fourth-order valence-electron chi connectivity index (χ4n) is 3.24. The van der Waals surface area contributed by atoms with Gasteiger partial charge in [-0.25, -0.2) is 8.42 Å². The Labute approximate surface area is 147 Å². The highest BCUT2D eigenvalue weighted by molar-refractivity contribution is 7.98. The van der Waals surface area contributed by atoms with Crippen LogP contribution in [-0.4, -0.2) is 34.7 Å². The molecule has 7 heteroatoms. The molecule has 24 heavy (non-hydrogen) atoms. The lowest BCUT2D eigenvalue weighted by atomic mass is 10.1. The second kappa shape index (κ2) is 6.88. The molecule has 2 heterocycles. The smallest absolute Gasteiger partial charge is 0.191 e. The predicted molar refractivity (Wildman–Crippen MR) is 96.9 cm³/mol. The molecule has 1 unspecified atom stereocenters. The minimum Gasteiger partial charge on any atom is -0.309 e.